The Morgan fingerprint density at radius 2 is 2.11 bits per heavy atom. The van der Waals surface area contributed by atoms with Crippen LogP contribution in [0, 0.1) is 4.64 Å². The molecule has 0 fully saturated rings. The Bertz CT molecular complexity index is 275. The standard InChI is InChI=1S/C4H3Cl2NS2/c1-7-4(8)2(5)3(6)9-7/h1H3. The van der Waals surface area contributed by atoms with Crippen LogP contribution in [0.4, 0.5) is 0 Å². The normalized spacial score (nSPS) is 10.1. The first-order valence-corrected chi connectivity index (χ1v) is 4.08. The number of hydrogen-bond donors (Lipinski definition) is 0. The van der Waals surface area contributed by atoms with E-state index in [1.807, 2.05) is 7.05 Å². The van der Waals surface area contributed by atoms with E-state index in [1.54, 1.807) is 3.96 Å². The smallest absolute Gasteiger partial charge is 0.136 e. The predicted octanol–water partition coefficient (Wildman–Crippen LogP) is 3.12. The molecule has 0 spiro atoms. The number of aromatic nitrogens is 1. The van der Waals surface area contributed by atoms with Gasteiger partial charge in [0.2, 0.25) is 0 Å². The fourth-order valence-corrected chi connectivity index (χ4v) is 2.03. The van der Waals surface area contributed by atoms with E-state index in [-0.39, 0.29) is 0 Å². The van der Waals surface area contributed by atoms with Crippen LogP contribution in [-0.2, 0) is 7.05 Å². The Hall–Kier alpha value is 0.430. The van der Waals surface area contributed by atoms with Gasteiger partial charge in [0.15, 0.2) is 0 Å². The molecule has 0 radical (unpaired) electrons. The zero-order valence-electron chi connectivity index (χ0n) is 4.52. The molecule has 0 saturated heterocycles. The third-order valence-corrected chi connectivity index (χ3v) is 3.36. The first-order valence-electron chi connectivity index (χ1n) is 2.14. The average Bonchev–Trinajstić information content (AvgIpc) is 1.98. The van der Waals surface area contributed by atoms with Gasteiger partial charge in [0.05, 0.1) is 0 Å². The Labute approximate surface area is 72.0 Å². The van der Waals surface area contributed by atoms with Gasteiger partial charge in [-0.2, -0.15) is 0 Å². The van der Waals surface area contributed by atoms with Crippen molar-refractivity contribution >= 4 is 47.0 Å². The maximum atomic E-state index is 5.65. The molecule has 1 heterocycles. The third kappa shape index (κ3) is 1.29. The number of hydrogen-bond acceptors (Lipinski definition) is 2. The summed E-state index contributed by atoms with van der Waals surface area (Å²) in [6.07, 6.45) is 0. The summed E-state index contributed by atoms with van der Waals surface area (Å²) in [6.45, 7) is 0. The number of rotatable bonds is 0. The highest BCUT2D eigenvalue weighted by molar-refractivity contribution is 7.71. The Morgan fingerprint density at radius 3 is 2.22 bits per heavy atom. The van der Waals surface area contributed by atoms with Crippen molar-refractivity contribution in [2.75, 3.05) is 0 Å². The minimum absolute atomic E-state index is 0.485. The molecule has 50 valence electrons. The van der Waals surface area contributed by atoms with Crippen LogP contribution in [0.25, 0.3) is 0 Å². The molecule has 0 saturated carbocycles. The molecule has 1 aromatic rings. The highest BCUT2D eigenvalue weighted by Gasteiger charge is 2.03. The minimum Gasteiger partial charge on any atom is -0.289 e. The summed E-state index contributed by atoms with van der Waals surface area (Å²) in [5.41, 5.74) is 0. The van der Waals surface area contributed by atoms with Crippen molar-refractivity contribution in [3.63, 3.8) is 0 Å². The van der Waals surface area contributed by atoms with Crippen LogP contribution in [0.15, 0.2) is 0 Å². The molecule has 0 aromatic carbocycles. The largest absolute Gasteiger partial charge is 0.289 e. The van der Waals surface area contributed by atoms with E-state index in [1.165, 1.54) is 11.5 Å². The van der Waals surface area contributed by atoms with E-state index in [2.05, 4.69) is 0 Å². The van der Waals surface area contributed by atoms with Crippen LogP contribution >= 0.6 is 47.0 Å². The molecule has 0 N–H and O–H groups in total. The lowest BCUT2D eigenvalue weighted by Gasteiger charge is -1.80. The molecule has 0 unspecified atom stereocenters. The van der Waals surface area contributed by atoms with Crippen molar-refractivity contribution in [3.8, 4) is 0 Å². The molecule has 0 aliphatic rings. The Balaban J connectivity index is 3.48. The maximum absolute atomic E-state index is 5.65. The van der Waals surface area contributed by atoms with Crippen molar-refractivity contribution in [2.24, 2.45) is 7.05 Å². The van der Waals surface area contributed by atoms with E-state index >= 15 is 0 Å². The van der Waals surface area contributed by atoms with Crippen molar-refractivity contribution in [1.82, 2.24) is 3.96 Å². The van der Waals surface area contributed by atoms with Gasteiger partial charge in [-0.25, -0.2) is 0 Å². The zero-order valence-corrected chi connectivity index (χ0v) is 7.66. The van der Waals surface area contributed by atoms with Crippen LogP contribution < -0.4 is 0 Å². The highest BCUT2D eigenvalue weighted by Crippen LogP contribution is 2.28. The number of nitrogens with zero attached hydrogens (tertiary/aromatic N) is 1. The average molecular weight is 200 g/mol. The van der Waals surface area contributed by atoms with Crippen molar-refractivity contribution in [3.05, 3.63) is 14.0 Å². The fraction of sp³-hybridized carbons (Fsp3) is 0.250. The van der Waals surface area contributed by atoms with Crippen LogP contribution in [0.1, 0.15) is 0 Å². The molecule has 1 rings (SSSR count). The van der Waals surface area contributed by atoms with Gasteiger partial charge in [-0.1, -0.05) is 35.4 Å². The van der Waals surface area contributed by atoms with Gasteiger partial charge in [-0.05, 0) is 11.5 Å². The molecule has 5 heteroatoms. The predicted molar refractivity (Wildman–Crippen MR) is 44.1 cm³/mol. The van der Waals surface area contributed by atoms with Gasteiger partial charge in [0.1, 0.15) is 14.0 Å². The van der Waals surface area contributed by atoms with Crippen molar-refractivity contribution in [1.29, 1.82) is 0 Å². The van der Waals surface area contributed by atoms with E-state index < -0.39 is 0 Å². The summed E-state index contributed by atoms with van der Waals surface area (Å²) in [7, 11) is 1.82. The van der Waals surface area contributed by atoms with Crippen LogP contribution in [0.5, 0.6) is 0 Å². The van der Waals surface area contributed by atoms with E-state index in [9.17, 15) is 0 Å². The summed E-state index contributed by atoms with van der Waals surface area (Å²) in [4.78, 5) is 0. The van der Waals surface area contributed by atoms with Gasteiger partial charge < -0.3 is 0 Å². The molecule has 0 aliphatic carbocycles. The van der Waals surface area contributed by atoms with E-state index in [4.69, 9.17) is 35.4 Å². The maximum Gasteiger partial charge on any atom is 0.136 e. The molecule has 1 aromatic heterocycles. The van der Waals surface area contributed by atoms with Crippen LogP contribution in [0.3, 0.4) is 0 Å². The van der Waals surface area contributed by atoms with Crippen LogP contribution in [0.2, 0.25) is 9.36 Å². The van der Waals surface area contributed by atoms with Crippen LogP contribution in [-0.4, -0.2) is 3.96 Å². The zero-order chi connectivity index (χ0) is 7.02. The monoisotopic (exact) mass is 199 g/mol. The molecular weight excluding hydrogens is 197 g/mol. The molecule has 0 bridgehead atoms. The highest BCUT2D eigenvalue weighted by atomic mass is 35.5. The molecule has 0 aliphatic heterocycles. The second-order valence-corrected chi connectivity index (χ2v) is 3.99. The van der Waals surface area contributed by atoms with Gasteiger partial charge in [0, 0.05) is 7.05 Å². The van der Waals surface area contributed by atoms with Gasteiger partial charge >= 0.3 is 0 Å². The first kappa shape index (κ1) is 7.54. The van der Waals surface area contributed by atoms with Crippen molar-refractivity contribution < 1.29 is 0 Å². The number of halogens is 2. The topological polar surface area (TPSA) is 4.93 Å². The summed E-state index contributed by atoms with van der Waals surface area (Å²) in [5.74, 6) is 0. The minimum atomic E-state index is 0.485. The molecule has 9 heavy (non-hydrogen) atoms. The second kappa shape index (κ2) is 2.58. The number of aryl methyl sites for hydroxylation is 1. The SMILES string of the molecule is Cn1sc(Cl)c(Cl)c1=S. The quantitative estimate of drug-likeness (QED) is 0.582. The second-order valence-electron chi connectivity index (χ2n) is 1.48. The Morgan fingerprint density at radius 1 is 1.56 bits per heavy atom. The lowest BCUT2D eigenvalue weighted by molar-refractivity contribution is 1.01. The summed E-state index contributed by atoms with van der Waals surface area (Å²) < 4.78 is 2.91. The first-order chi connectivity index (χ1) is 4.13. The third-order valence-electron chi connectivity index (χ3n) is 0.863. The molecule has 1 nitrogen and oxygen atoms in total. The van der Waals surface area contributed by atoms with E-state index in [0.717, 1.165) is 0 Å². The van der Waals surface area contributed by atoms with Gasteiger partial charge in [-0.3, -0.25) is 3.96 Å². The summed E-state index contributed by atoms with van der Waals surface area (Å²) >= 11 is 17.5. The fourth-order valence-electron chi connectivity index (χ4n) is 0.424. The lowest BCUT2D eigenvalue weighted by Crippen LogP contribution is -1.76. The summed E-state index contributed by atoms with van der Waals surface area (Å²) in [6, 6.07) is 0. The lowest BCUT2D eigenvalue weighted by atomic mass is 10.7. The Kier molecular flexibility index (Phi) is 2.16. The van der Waals surface area contributed by atoms with Gasteiger partial charge in [-0.15, -0.1) is 0 Å². The molecule has 0 atom stereocenters. The molecule has 0 amide bonds. The van der Waals surface area contributed by atoms with Crippen molar-refractivity contribution in [2.45, 2.75) is 0 Å². The van der Waals surface area contributed by atoms with Gasteiger partial charge in [0.25, 0.3) is 0 Å². The molecular formula is C4H3Cl2NS2. The summed E-state index contributed by atoms with van der Waals surface area (Å²) in [5, 5.41) is 0.485. The van der Waals surface area contributed by atoms with E-state index in [0.29, 0.717) is 14.0 Å².